The number of nitrogens with zero attached hydrogens (tertiary/aromatic N) is 2. The van der Waals surface area contributed by atoms with Gasteiger partial charge in [0.15, 0.2) is 5.16 Å². The number of rotatable bonds is 6. The Bertz CT molecular complexity index is 1350. The van der Waals surface area contributed by atoms with Gasteiger partial charge < -0.3 is 0 Å². The fourth-order valence-electron chi connectivity index (χ4n) is 3.57. The average molecular weight is 487 g/mol. The van der Waals surface area contributed by atoms with Gasteiger partial charge in [-0.15, -0.1) is 11.8 Å². The lowest BCUT2D eigenvalue weighted by Crippen LogP contribution is -2.22. The number of fused-ring (bicyclic) bond motifs is 1. The van der Waals surface area contributed by atoms with Crippen LogP contribution >= 0.6 is 23.5 Å². The first-order valence-electron chi connectivity index (χ1n) is 10.3. The molecule has 0 saturated heterocycles. The summed E-state index contributed by atoms with van der Waals surface area (Å²) in [5.74, 6) is 1.15. The van der Waals surface area contributed by atoms with E-state index in [0.717, 1.165) is 28.9 Å². The van der Waals surface area contributed by atoms with Crippen LogP contribution < -0.4 is 5.56 Å². The molecule has 0 saturated carbocycles. The number of aryl methyl sites for hydroxylation is 2. The van der Waals surface area contributed by atoms with Gasteiger partial charge in [0, 0.05) is 16.4 Å². The highest BCUT2D eigenvalue weighted by molar-refractivity contribution is 8.02. The number of hydrogen-bond donors (Lipinski definition) is 0. The second kappa shape index (κ2) is 9.65. The molecule has 3 aromatic carbocycles. The molecule has 4 rings (SSSR count). The van der Waals surface area contributed by atoms with E-state index in [1.807, 2.05) is 50.2 Å². The van der Waals surface area contributed by atoms with E-state index in [2.05, 4.69) is 0 Å². The molecular formula is C25H21F3N2OS2. The first kappa shape index (κ1) is 23.4. The summed E-state index contributed by atoms with van der Waals surface area (Å²) in [6, 6.07) is 18.5. The molecule has 0 amide bonds. The van der Waals surface area contributed by atoms with Gasteiger partial charge in [-0.3, -0.25) is 9.36 Å². The Morgan fingerprint density at radius 3 is 2.30 bits per heavy atom. The number of aromatic nitrogens is 2. The van der Waals surface area contributed by atoms with Crippen molar-refractivity contribution in [1.29, 1.82) is 0 Å². The number of benzene rings is 3. The summed E-state index contributed by atoms with van der Waals surface area (Å²) in [5, 5.41) is 1.10. The number of halogens is 3. The highest BCUT2D eigenvalue weighted by Gasteiger charge is 2.30. The van der Waals surface area contributed by atoms with Gasteiger partial charge in [-0.25, -0.2) is 4.98 Å². The van der Waals surface area contributed by atoms with Crippen LogP contribution in [0.3, 0.4) is 0 Å². The van der Waals surface area contributed by atoms with Crippen LogP contribution in [-0.2, 0) is 6.18 Å². The summed E-state index contributed by atoms with van der Waals surface area (Å²) in [4.78, 5) is 18.6. The van der Waals surface area contributed by atoms with Gasteiger partial charge in [-0.05, 0) is 67.4 Å². The average Bonchev–Trinajstić information content (AvgIpc) is 2.76. The van der Waals surface area contributed by atoms with Crippen LogP contribution in [0.5, 0.6) is 0 Å². The van der Waals surface area contributed by atoms with E-state index in [-0.39, 0.29) is 5.56 Å². The monoisotopic (exact) mass is 486 g/mol. The summed E-state index contributed by atoms with van der Waals surface area (Å²) in [6.07, 6.45) is -4.36. The molecule has 3 nitrogen and oxygen atoms in total. The lowest BCUT2D eigenvalue weighted by atomic mass is 10.1. The maximum Gasteiger partial charge on any atom is 0.416 e. The minimum absolute atomic E-state index is 0.140. The minimum Gasteiger partial charge on any atom is -0.268 e. The molecule has 170 valence electrons. The standard InChI is InChI=1S/C25H21F3N2OS2/c1-16-12-17(2)14-19(13-16)30-23(31)21-8-3-4-9-22(21)29-24(30)33-11-10-32-20-7-5-6-18(15-20)25(26,27)28/h3-9,12-15H,10-11H2,1-2H3. The van der Waals surface area contributed by atoms with E-state index in [0.29, 0.717) is 32.5 Å². The van der Waals surface area contributed by atoms with Crippen molar-refractivity contribution in [3.8, 4) is 5.69 Å². The van der Waals surface area contributed by atoms with Crippen LogP contribution in [-0.4, -0.2) is 21.1 Å². The first-order chi connectivity index (χ1) is 15.7. The second-order valence-electron chi connectivity index (χ2n) is 7.62. The van der Waals surface area contributed by atoms with Crippen LogP contribution in [0.25, 0.3) is 16.6 Å². The van der Waals surface area contributed by atoms with Gasteiger partial charge in [-0.1, -0.05) is 36.0 Å². The fourth-order valence-corrected chi connectivity index (χ4v) is 5.52. The number of para-hydroxylation sites is 1. The molecule has 0 N–H and O–H groups in total. The number of thioether (sulfide) groups is 2. The van der Waals surface area contributed by atoms with Crippen molar-refractivity contribution in [3.63, 3.8) is 0 Å². The molecule has 0 radical (unpaired) electrons. The Balaban J connectivity index is 1.60. The predicted molar refractivity (Wildman–Crippen MR) is 130 cm³/mol. The highest BCUT2D eigenvalue weighted by Crippen LogP contribution is 2.32. The Kier molecular flexibility index (Phi) is 6.86. The van der Waals surface area contributed by atoms with Crippen molar-refractivity contribution in [2.75, 3.05) is 11.5 Å². The molecule has 4 aromatic rings. The lowest BCUT2D eigenvalue weighted by molar-refractivity contribution is -0.137. The van der Waals surface area contributed by atoms with E-state index >= 15 is 0 Å². The van der Waals surface area contributed by atoms with Crippen LogP contribution in [0.1, 0.15) is 16.7 Å². The van der Waals surface area contributed by atoms with Gasteiger partial charge in [0.2, 0.25) is 0 Å². The number of alkyl halides is 3. The van der Waals surface area contributed by atoms with E-state index in [1.165, 1.54) is 29.6 Å². The molecule has 0 aliphatic heterocycles. The van der Waals surface area contributed by atoms with Crippen molar-refractivity contribution >= 4 is 34.4 Å². The largest absolute Gasteiger partial charge is 0.416 e. The van der Waals surface area contributed by atoms with Gasteiger partial charge in [0.05, 0.1) is 22.2 Å². The molecule has 33 heavy (non-hydrogen) atoms. The van der Waals surface area contributed by atoms with Gasteiger partial charge in [0.1, 0.15) is 0 Å². The molecule has 0 spiro atoms. The molecule has 0 aliphatic rings. The lowest BCUT2D eigenvalue weighted by Gasteiger charge is -2.14. The highest BCUT2D eigenvalue weighted by atomic mass is 32.2. The van der Waals surface area contributed by atoms with Crippen LogP contribution in [0.2, 0.25) is 0 Å². The summed E-state index contributed by atoms with van der Waals surface area (Å²) < 4.78 is 40.5. The molecule has 1 aromatic heterocycles. The zero-order valence-corrected chi connectivity index (χ0v) is 19.7. The molecular weight excluding hydrogens is 465 g/mol. The van der Waals surface area contributed by atoms with E-state index in [9.17, 15) is 18.0 Å². The number of hydrogen-bond acceptors (Lipinski definition) is 4. The summed E-state index contributed by atoms with van der Waals surface area (Å²) in [7, 11) is 0. The predicted octanol–water partition coefficient (Wildman–Crippen LogP) is 6.91. The first-order valence-corrected chi connectivity index (χ1v) is 12.2. The van der Waals surface area contributed by atoms with Crippen LogP contribution in [0.15, 0.2) is 81.6 Å². The maximum absolute atomic E-state index is 13.4. The normalized spacial score (nSPS) is 11.8. The maximum atomic E-state index is 13.4. The third kappa shape index (κ3) is 5.45. The van der Waals surface area contributed by atoms with E-state index < -0.39 is 11.7 Å². The van der Waals surface area contributed by atoms with Crippen molar-refractivity contribution in [2.45, 2.75) is 30.1 Å². The zero-order valence-electron chi connectivity index (χ0n) is 18.0. The molecule has 0 aliphatic carbocycles. The van der Waals surface area contributed by atoms with Crippen LogP contribution in [0, 0.1) is 13.8 Å². The third-order valence-electron chi connectivity index (χ3n) is 4.95. The van der Waals surface area contributed by atoms with Gasteiger partial charge >= 0.3 is 6.18 Å². The molecule has 1 heterocycles. The minimum atomic E-state index is -4.36. The molecule has 0 bridgehead atoms. The van der Waals surface area contributed by atoms with Crippen molar-refractivity contribution in [2.24, 2.45) is 0 Å². The van der Waals surface area contributed by atoms with Crippen molar-refractivity contribution < 1.29 is 13.2 Å². The molecule has 0 atom stereocenters. The Morgan fingerprint density at radius 1 is 0.879 bits per heavy atom. The molecule has 8 heteroatoms. The van der Waals surface area contributed by atoms with Gasteiger partial charge in [0.25, 0.3) is 5.56 Å². The second-order valence-corrected chi connectivity index (χ2v) is 9.85. The third-order valence-corrected chi connectivity index (χ3v) is 7.15. The smallest absolute Gasteiger partial charge is 0.268 e. The Morgan fingerprint density at radius 2 is 1.58 bits per heavy atom. The van der Waals surface area contributed by atoms with Crippen molar-refractivity contribution in [3.05, 3.63) is 93.8 Å². The zero-order chi connectivity index (χ0) is 23.6. The Labute approximate surface area is 198 Å². The van der Waals surface area contributed by atoms with E-state index in [1.54, 1.807) is 16.7 Å². The van der Waals surface area contributed by atoms with E-state index in [4.69, 9.17) is 4.98 Å². The summed E-state index contributed by atoms with van der Waals surface area (Å²) in [5.41, 5.74) is 2.67. The molecule has 0 unspecified atom stereocenters. The Hall–Kier alpha value is -2.71. The van der Waals surface area contributed by atoms with Crippen molar-refractivity contribution in [1.82, 2.24) is 9.55 Å². The molecule has 0 fully saturated rings. The topological polar surface area (TPSA) is 34.9 Å². The SMILES string of the molecule is Cc1cc(C)cc(-n2c(SCCSc3cccc(C(F)(F)F)c3)nc3ccccc3c2=O)c1. The van der Waals surface area contributed by atoms with Crippen LogP contribution in [0.4, 0.5) is 13.2 Å². The summed E-state index contributed by atoms with van der Waals surface area (Å²) >= 11 is 2.77. The fraction of sp³-hybridized carbons (Fsp3) is 0.200. The quantitative estimate of drug-likeness (QED) is 0.169. The van der Waals surface area contributed by atoms with Gasteiger partial charge in [-0.2, -0.15) is 13.2 Å². The summed E-state index contributed by atoms with van der Waals surface area (Å²) in [6.45, 7) is 3.96.